The maximum atomic E-state index is 12.8. The van der Waals surface area contributed by atoms with E-state index in [2.05, 4.69) is 15.2 Å². The Hall–Kier alpha value is -3.51. The number of nitrogens with one attached hydrogen (secondary N) is 1. The lowest BCUT2D eigenvalue weighted by Gasteiger charge is -2.40. The molecule has 0 unspecified atom stereocenters. The fourth-order valence-electron chi connectivity index (χ4n) is 4.57. The molecule has 1 atom stereocenters. The van der Waals surface area contributed by atoms with Crippen LogP contribution in [0.1, 0.15) is 52.8 Å². The summed E-state index contributed by atoms with van der Waals surface area (Å²) in [5.41, 5.74) is 2.75. The van der Waals surface area contributed by atoms with Crippen LogP contribution in [0.5, 0.6) is 0 Å². The van der Waals surface area contributed by atoms with Crippen molar-refractivity contribution >= 4 is 34.7 Å². The molecule has 1 aliphatic heterocycles. The minimum absolute atomic E-state index is 0.0884. The van der Waals surface area contributed by atoms with Gasteiger partial charge in [-0.15, -0.1) is 0 Å². The minimum atomic E-state index is -0.550. The van der Waals surface area contributed by atoms with E-state index in [1.54, 1.807) is 11.1 Å². The van der Waals surface area contributed by atoms with Crippen LogP contribution in [0.2, 0.25) is 0 Å². The molecule has 3 aromatic heterocycles. The maximum Gasteiger partial charge on any atom is 0.410 e. The van der Waals surface area contributed by atoms with Gasteiger partial charge >= 0.3 is 6.09 Å². The van der Waals surface area contributed by atoms with Gasteiger partial charge in [-0.25, -0.2) is 14.8 Å². The second-order valence-electron chi connectivity index (χ2n) is 10.9. The van der Waals surface area contributed by atoms with E-state index >= 15 is 0 Å². The van der Waals surface area contributed by atoms with Gasteiger partial charge in [-0.05, 0) is 66.2 Å². The lowest BCUT2D eigenvalue weighted by atomic mass is 10.2. The van der Waals surface area contributed by atoms with Crippen LogP contribution in [0.25, 0.3) is 11.0 Å². The molecule has 40 heavy (non-hydrogen) atoms. The van der Waals surface area contributed by atoms with Crippen LogP contribution < -0.4 is 10.2 Å². The van der Waals surface area contributed by atoms with Crippen molar-refractivity contribution in [2.45, 2.75) is 73.3 Å². The molecule has 1 saturated heterocycles. The smallest absolute Gasteiger partial charge is 0.410 e. The topological polar surface area (TPSA) is 120 Å². The number of hydrogen-bond acceptors (Lipinski definition) is 10. The third-order valence-electron chi connectivity index (χ3n) is 6.44. The normalized spacial score (nSPS) is 16.0. The Morgan fingerprint density at radius 1 is 1.15 bits per heavy atom. The Morgan fingerprint density at radius 3 is 2.60 bits per heavy atom. The van der Waals surface area contributed by atoms with Crippen molar-refractivity contribution in [1.29, 1.82) is 0 Å². The van der Waals surface area contributed by atoms with E-state index in [1.165, 1.54) is 0 Å². The van der Waals surface area contributed by atoms with Crippen molar-refractivity contribution in [2.24, 2.45) is 0 Å². The number of aromatic nitrogens is 5. The van der Waals surface area contributed by atoms with Crippen LogP contribution in [0, 0.1) is 6.92 Å². The molecule has 1 fully saturated rings. The molecule has 0 saturated carbocycles. The zero-order valence-electron chi connectivity index (χ0n) is 24.7. The van der Waals surface area contributed by atoms with Crippen molar-refractivity contribution in [3.63, 3.8) is 0 Å². The van der Waals surface area contributed by atoms with Gasteiger partial charge in [0.2, 0.25) is 5.95 Å². The number of carbonyl (C=O) groups is 1. The van der Waals surface area contributed by atoms with Crippen LogP contribution in [0.4, 0.5) is 22.4 Å². The average molecular weight is 555 g/mol. The van der Waals surface area contributed by atoms with Crippen LogP contribution >= 0.6 is 0 Å². The highest BCUT2D eigenvalue weighted by Crippen LogP contribution is 2.30. The second kappa shape index (κ2) is 12.8. The molecule has 0 spiro atoms. The fourth-order valence-corrected chi connectivity index (χ4v) is 4.57. The molecule has 4 heterocycles. The fraction of sp³-hybridized carbons (Fsp3) is 0.607. The molecule has 0 bridgehead atoms. The summed E-state index contributed by atoms with van der Waals surface area (Å²) < 4.78 is 18.9. The third-order valence-corrected chi connectivity index (χ3v) is 6.44. The van der Waals surface area contributed by atoms with Crippen LogP contribution in [0.15, 0.2) is 18.3 Å². The number of ether oxygens (including phenoxy) is 3. The van der Waals surface area contributed by atoms with Gasteiger partial charge in [-0.1, -0.05) is 0 Å². The number of piperazine rings is 1. The molecule has 1 amide bonds. The van der Waals surface area contributed by atoms with Crippen molar-refractivity contribution in [2.75, 3.05) is 49.7 Å². The highest BCUT2D eigenvalue weighted by molar-refractivity contribution is 5.90. The highest BCUT2D eigenvalue weighted by atomic mass is 16.6. The van der Waals surface area contributed by atoms with Gasteiger partial charge in [-0.3, -0.25) is 4.68 Å². The zero-order valence-corrected chi connectivity index (χ0v) is 24.7. The highest BCUT2D eigenvalue weighted by Gasteiger charge is 2.32. The summed E-state index contributed by atoms with van der Waals surface area (Å²) in [7, 11) is 0. The molecule has 1 aliphatic rings. The van der Waals surface area contributed by atoms with Crippen molar-refractivity contribution in [1.82, 2.24) is 29.6 Å². The second-order valence-corrected chi connectivity index (χ2v) is 10.9. The number of hydrogen-bond donors (Lipinski definition) is 1. The van der Waals surface area contributed by atoms with Crippen molar-refractivity contribution in [3.05, 3.63) is 29.6 Å². The summed E-state index contributed by atoms with van der Waals surface area (Å²) in [6.07, 6.45) is 1.46. The van der Waals surface area contributed by atoms with E-state index in [1.807, 2.05) is 65.3 Å². The minimum Gasteiger partial charge on any atom is -0.444 e. The zero-order chi connectivity index (χ0) is 28.9. The molecule has 218 valence electrons. The molecule has 0 aliphatic carbocycles. The predicted octanol–water partition coefficient (Wildman–Crippen LogP) is 4.29. The summed E-state index contributed by atoms with van der Waals surface area (Å²) in [6.45, 7) is 17.8. The number of amides is 1. The SMILES string of the molecule is CCOCCn1nc(COCC)c2nc(N3CCN(C(=O)OC(C)(C)C)[C@@H](C)C3)nc(Nc3cc(C)ccn3)c21. The quantitative estimate of drug-likeness (QED) is 0.363. The number of rotatable bonds is 10. The van der Waals surface area contributed by atoms with E-state index in [4.69, 9.17) is 29.3 Å². The molecular weight excluding hydrogens is 512 g/mol. The van der Waals surface area contributed by atoms with Crippen LogP contribution in [-0.2, 0) is 27.4 Å². The molecule has 1 N–H and O–H groups in total. The van der Waals surface area contributed by atoms with Gasteiger partial charge in [0.25, 0.3) is 0 Å². The lowest BCUT2D eigenvalue weighted by molar-refractivity contribution is 0.0158. The Balaban J connectivity index is 1.72. The largest absolute Gasteiger partial charge is 0.444 e. The molecular formula is C28H42N8O4. The molecule has 0 radical (unpaired) electrons. The first-order valence-corrected chi connectivity index (χ1v) is 14.0. The summed E-state index contributed by atoms with van der Waals surface area (Å²) in [5.74, 6) is 1.84. The number of fused-ring (bicyclic) bond motifs is 1. The predicted molar refractivity (Wildman–Crippen MR) is 154 cm³/mol. The van der Waals surface area contributed by atoms with Gasteiger partial charge in [0, 0.05) is 45.1 Å². The van der Waals surface area contributed by atoms with E-state index in [0.717, 1.165) is 16.8 Å². The third kappa shape index (κ3) is 7.16. The summed E-state index contributed by atoms with van der Waals surface area (Å²) in [5, 5.41) is 8.27. The standard InChI is InChI=1S/C28H42N8O4/c1-8-38-15-14-36-24-23(21(33-36)18-39-9-2)31-26(32-25(24)30-22-16-19(3)10-11-29-22)34-12-13-35(20(4)17-34)27(37)40-28(5,6)7/h10-11,16,20H,8-9,12-15,17-18H2,1-7H3,(H,29,30,31,32)/t20-/m0/s1. The van der Waals surface area contributed by atoms with Crippen LogP contribution in [-0.4, -0.2) is 86.8 Å². The lowest BCUT2D eigenvalue weighted by Crippen LogP contribution is -2.55. The Morgan fingerprint density at radius 2 is 1.93 bits per heavy atom. The number of anilines is 3. The maximum absolute atomic E-state index is 12.8. The van der Waals surface area contributed by atoms with E-state index in [0.29, 0.717) is 75.7 Å². The molecule has 0 aromatic carbocycles. The van der Waals surface area contributed by atoms with Gasteiger partial charge in [0.15, 0.2) is 5.82 Å². The van der Waals surface area contributed by atoms with Crippen molar-refractivity contribution < 1.29 is 19.0 Å². The van der Waals surface area contributed by atoms with E-state index < -0.39 is 5.60 Å². The summed E-state index contributed by atoms with van der Waals surface area (Å²) in [4.78, 5) is 31.1. The molecule has 3 aromatic rings. The molecule has 12 nitrogen and oxygen atoms in total. The van der Waals surface area contributed by atoms with Gasteiger partial charge in [0.05, 0.1) is 19.8 Å². The summed E-state index contributed by atoms with van der Waals surface area (Å²) in [6, 6.07) is 3.83. The van der Waals surface area contributed by atoms with E-state index in [9.17, 15) is 4.79 Å². The monoisotopic (exact) mass is 554 g/mol. The average Bonchev–Trinajstić information content (AvgIpc) is 3.24. The van der Waals surface area contributed by atoms with Gasteiger partial charge in [0.1, 0.15) is 28.1 Å². The Labute approximate surface area is 236 Å². The van der Waals surface area contributed by atoms with E-state index in [-0.39, 0.29) is 12.1 Å². The van der Waals surface area contributed by atoms with Crippen LogP contribution in [0.3, 0.4) is 0 Å². The number of aryl methyl sites for hydroxylation is 1. The number of pyridine rings is 1. The van der Waals surface area contributed by atoms with Gasteiger partial charge < -0.3 is 29.3 Å². The van der Waals surface area contributed by atoms with Gasteiger partial charge in [-0.2, -0.15) is 10.1 Å². The Bertz CT molecular complexity index is 1310. The number of carbonyl (C=O) groups excluding carboxylic acids is 1. The first kappa shape index (κ1) is 29.5. The number of nitrogens with zero attached hydrogens (tertiary/aromatic N) is 7. The van der Waals surface area contributed by atoms with Crippen molar-refractivity contribution in [3.8, 4) is 0 Å². The Kier molecular flexibility index (Phi) is 9.41. The summed E-state index contributed by atoms with van der Waals surface area (Å²) >= 11 is 0. The first-order valence-electron chi connectivity index (χ1n) is 14.0. The molecule has 12 heteroatoms. The molecule has 4 rings (SSSR count). The first-order chi connectivity index (χ1) is 19.1.